The molecule has 2 aliphatic rings. The summed E-state index contributed by atoms with van der Waals surface area (Å²) in [5, 5.41) is 0. The van der Waals surface area contributed by atoms with Crippen LogP contribution in [0.4, 0.5) is 0 Å². The van der Waals surface area contributed by atoms with E-state index in [4.69, 9.17) is 0 Å². The Labute approximate surface area is 104 Å². The molecule has 0 nitrogen and oxygen atoms in total. The SMILES string of the molecule is CC1=C[C](C)([Zr][C]2(C)C=CC(C)=C2)C=C1. The van der Waals surface area contributed by atoms with Crippen LogP contribution in [0.1, 0.15) is 27.7 Å². The molecule has 15 heavy (non-hydrogen) atoms. The van der Waals surface area contributed by atoms with Crippen LogP contribution in [0.2, 0.25) is 6.25 Å². The van der Waals surface area contributed by atoms with E-state index in [9.17, 15) is 0 Å². The third-order valence-corrected chi connectivity index (χ3v) is 7.16. The predicted octanol–water partition coefficient (Wildman–Crippen LogP) is 4.46. The van der Waals surface area contributed by atoms with Gasteiger partial charge in [-0.05, 0) is 0 Å². The fourth-order valence-electron chi connectivity index (χ4n) is 2.48. The molecule has 0 aliphatic heterocycles. The van der Waals surface area contributed by atoms with E-state index in [1.54, 1.807) is 0 Å². The summed E-state index contributed by atoms with van der Waals surface area (Å²) in [4.78, 5) is 0. The van der Waals surface area contributed by atoms with Crippen molar-refractivity contribution in [2.24, 2.45) is 0 Å². The van der Waals surface area contributed by atoms with Crippen LogP contribution in [-0.2, 0) is 23.2 Å². The molecule has 0 aromatic carbocycles. The summed E-state index contributed by atoms with van der Waals surface area (Å²) in [6.07, 6.45) is 14.3. The molecule has 0 radical (unpaired) electrons. The Morgan fingerprint density at radius 2 is 1.27 bits per heavy atom. The first-order valence-corrected chi connectivity index (χ1v) is 7.93. The number of hydrogen-bond acceptors (Lipinski definition) is 0. The van der Waals surface area contributed by atoms with Crippen LogP contribution in [0.5, 0.6) is 0 Å². The first-order chi connectivity index (χ1) is 6.91. The van der Waals surface area contributed by atoms with Gasteiger partial charge in [-0.15, -0.1) is 0 Å². The van der Waals surface area contributed by atoms with Crippen LogP contribution < -0.4 is 0 Å². The first kappa shape index (κ1) is 11.3. The molecular formula is C14H18Zr. The summed E-state index contributed by atoms with van der Waals surface area (Å²) in [5.74, 6) is 0. The Hall–Kier alpha value is -0.157. The molecule has 78 valence electrons. The second-order valence-corrected chi connectivity index (χ2v) is 11.0. The third-order valence-electron chi connectivity index (χ3n) is 2.98. The normalized spacial score (nSPS) is 38.1. The van der Waals surface area contributed by atoms with Crippen LogP contribution in [-0.4, -0.2) is 0 Å². The summed E-state index contributed by atoms with van der Waals surface area (Å²) in [5.41, 5.74) is 2.87. The average Bonchev–Trinajstić information content (AvgIpc) is 2.57. The van der Waals surface area contributed by atoms with Crippen molar-refractivity contribution in [3.63, 3.8) is 0 Å². The van der Waals surface area contributed by atoms with Gasteiger partial charge in [0.1, 0.15) is 0 Å². The second kappa shape index (κ2) is 3.70. The second-order valence-electron chi connectivity index (χ2n) is 5.13. The Bertz CT molecular complexity index is 360. The van der Waals surface area contributed by atoms with E-state index in [2.05, 4.69) is 64.2 Å². The fourth-order valence-corrected chi connectivity index (χ4v) is 7.63. The molecule has 0 N–H and O–H groups in total. The molecular weight excluding hydrogens is 259 g/mol. The van der Waals surface area contributed by atoms with E-state index in [1.807, 2.05) is 0 Å². The van der Waals surface area contributed by atoms with Crippen molar-refractivity contribution in [3.8, 4) is 0 Å². The maximum absolute atomic E-state index is 2.46. The molecule has 1 heteroatoms. The molecule has 0 spiro atoms. The Morgan fingerprint density at radius 1 is 0.867 bits per heavy atom. The van der Waals surface area contributed by atoms with Gasteiger partial charge in [0.15, 0.2) is 0 Å². The van der Waals surface area contributed by atoms with Gasteiger partial charge in [0.2, 0.25) is 0 Å². The molecule has 0 bridgehead atoms. The number of allylic oxidation sites excluding steroid dienone is 8. The van der Waals surface area contributed by atoms with E-state index in [0.717, 1.165) is 0 Å². The topological polar surface area (TPSA) is 0 Å². The standard InChI is InChI=1S/2C7H9.Zr/c2*1-6-3-4-7(2)5-6;/h2*3-5H,1-2H3;. The van der Waals surface area contributed by atoms with Gasteiger partial charge in [0, 0.05) is 0 Å². The van der Waals surface area contributed by atoms with Gasteiger partial charge in [-0.25, -0.2) is 0 Å². The van der Waals surface area contributed by atoms with Crippen LogP contribution in [0.15, 0.2) is 47.6 Å². The van der Waals surface area contributed by atoms with E-state index >= 15 is 0 Å². The van der Waals surface area contributed by atoms with Crippen LogP contribution in [0.25, 0.3) is 0 Å². The Kier molecular flexibility index (Phi) is 2.80. The zero-order valence-corrected chi connectivity index (χ0v) is 12.4. The molecule has 0 aromatic heterocycles. The molecule has 0 heterocycles. The van der Waals surface area contributed by atoms with Gasteiger partial charge >= 0.3 is 105 Å². The molecule has 0 aromatic rings. The Morgan fingerprint density at radius 3 is 1.53 bits per heavy atom. The zero-order chi connectivity index (χ0) is 11.1. The van der Waals surface area contributed by atoms with Gasteiger partial charge in [-0.2, -0.15) is 0 Å². The monoisotopic (exact) mass is 276 g/mol. The minimum absolute atomic E-state index is 0.410. The van der Waals surface area contributed by atoms with Crippen molar-refractivity contribution >= 4 is 0 Å². The molecule has 2 aliphatic carbocycles. The van der Waals surface area contributed by atoms with Gasteiger partial charge in [0.25, 0.3) is 0 Å². The van der Waals surface area contributed by atoms with Crippen LogP contribution >= 0.6 is 0 Å². The van der Waals surface area contributed by atoms with Crippen molar-refractivity contribution in [1.82, 2.24) is 0 Å². The predicted molar refractivity (Wildman–Crippen MR) is 62.5 cm³/mol. The van der Waals surface area contributed by atoms with Crippen molar-refractivity contribution < 1.29 is 23.2 Å². The molecule has 0 fully saturated rings. The van der Waals surface area contributed by atoms with E-state index in [1.165, 1.54) is 11.1 Å². The van der Waals surface area contributed by atoms with Crippen molar-refractivity contribution in [2.45, 2.75) is 33.9 Å². The Balaban J connectivity index is 2.18. The van der Waals surface area contributed by atoms with E-state index in [0.29, 0.717) is 6.25 Å². The van der Waals surface area contributed by atoms with Crippen LogP contribution in [0, 0.1) is 0 Å². The molecule has 2 unspecified atom stereocenters. The van der Waals surface area contributed by atoms with Gasteiger partial charge < -0.3 is 0 Å². The zero-order valence-electron chi connectivity index (χ0n) is 9.96. The third kappa shape index (κ3) is 2.50. The number of hydrogen-bond donors (Lipinski definition) is 0. The summed E-state index contributed by atoms with van der Waals surface area (Å²) >= 11 is -0.529. The summed E-state index contributed by atoms with van der Waals surface area (Å²) in [7, 11) is 0. The summed E-state index contributed by atoms with van der Waals surface area (Å²) in [6.45, 7) is 9.20. The summed E-state index contributed by atoms with van der Waals surface area (Å²) < 4.78 is 0.821. The van der Waals surface area contributed by atoms with Gasteiger partial charge in [0.05, 0.1) is 0 Å². The van der Waals surface area contributed by atoms with Crippen molar-refractivity contribution in [1.29, 1.82) is 0 Å². The number of rotatable bonds is 2. The molecule has 2 atom stereocenters. The van der Waals surface area contributed by atoms with E-state index < -0.39 is 23.2 Å². The van der Waals surface area contributed by atoms with Crippen molar-refractivity contribution in [3.05, 3.63) is 47.6 Å². The first-order valence-electron chi connectivity index (χ1n) is 5.48. The summed E-state index contributed by atoms with van der Waals surface area (Å²) in [6, 6.07) is 0. The molecule has 2 rings (SSSR count). The molecule has 0 saturated carbocycles. The quantitative estimate of drug-likeness (QED) is 0.699. The van der Waals surface area contributed by atoms with Gasteiger partial charge in [-0.1, -0.05) is 0 Å². The average molecular weight is 278 g/mol. The van der Waals surface area contributed by atoms with Crippen LogP contribution in [0.3, 0.4) is 0 Å². The van der Waals surface area contributed by atoms with Gasteiger partial charge in [-0.3, -0.25) is 0 Å². The molecule has 0 amide bonds. The van der Waals surface area contributed by atoms with E-state index in [-0.39, 0.29) is 0 Å². The van der Waals surface area contributed by atoms with Crippen molar-refractivity contribution in [2.75, 3.05) is 0 Å². The molecule has 0 saturated heterocycles. The fraction of sp³-hybridized carbons (Fsp3) is 0.429. The minimum atomic E-state index is -0.529. The maximum atomic E-state index is 2.46.